The highest BCUT2D eigenvalue weighted by Gasteiger charge is 2.28. The topological polar surface area (TPSA) is 124 Å². The number of nitrogens with one attached hydrogen (secondary N) is 2. The Balaban J connectivity index is 1.28. The molecular formula is C36H44FN9O3. The van der Waals surface area contributed by atoms with Gasteiger partial charge in [0.15, 0.2) is 5.82 Å². The molecule has 0 bridgehead atoms. The van der Waals surface area contributed by atoms with Crippen LogP contribution >= 0.6 is 0 Å². The maximum absolute atomic E-state index is 13.7. The number of methoxy groups -OCH3 is 1. The lowest BCUT2D eigenvalue weighted by Gasteiger charge is -2.43. The number of hydrogen-bond donors (Lipinski definition) is 3. The van der Waals surface area contributed by atoms with Crippen molar-refractivity contribution in [1.82, 2.24) is 29.5 Å². The number of halogens is 1. The van der Waals surface area contributed by atoms with Gasteiger partial charge in [-0.25, -0.2) is 9.37 Å². The Bertz CT molecular complexity index is 1750. The van der Waals surface area contributed by atoms with Crippen molar-refractivity contribution in [2.24, 2.45) is 0 Å². The molecule has 2 aliphatic rings. The third-order valence-electron chi connectivity index (χ3n) is 9.28. The Labute approximate surface area is 286 Å². The maximum Gasteiger partial charge on any atom is 0.247 e. The average molecular weight is 670 g/mol. The number of piperidine rings is 1. The molecule has 13 heteroatoms. The van der Waals surface area contributed by atoms with Crippen LogP contribution < -0.4 is 20.3 Å². The van der Waals surface area contributed by atoms with Crippen molar-refractivity contribution >= 4 is 28.8 Å². The Hall–Kier alpha value is -4.85. The summed E-state index contributed by atoms with van der Waals surface area (Å²) in [6.45, 7) is 9.78. The number of aromatic nitrogens is 4. The first-order valence-corrected chi connectivity index (χ1v) is 16.7. The number of benzene rings is 2. The number of carbonyl (C=O) groups excluding carboxylic acids is 1. The molecule has 0 unspecified atom stereocenters. The summed E-state index contributed by atoms with van der Waals surface area (Å²) >= 11 is 0. The molecular weight excluding hydrogens is 625 g/mol. The second kappa shape index (κ2) is 15.6. The summed E-state index contributed by atoms with van der Waals surface area (Å²) in [5, 5.41) is 24.7. The SMILES string of the molecule is C=CC(=O)Nc1cc(Nc2cc(-n3c(CCCO)nnc3-c3ccc(F)cc3)ccn2)c(OC)cc1N1CCC(N2CCN(C)CC2)CC1. The molecule has 258 valence electrons. The number of carbonyl (C=O) groups is 1. The predicted molar refractivity (Wildman–Crippen MR) is 189 cm³/mol. The van der Waals surface area contributed by atoms with Crippen molar-refractivity contribution in [1.29, 1.82) is 0 Å². The lowest BCUT2D eigenvalue weighted by molar-refractivity contribution is -0.111. The second-order valence-electron chi connectivity index (χ2n) is 12.5. The van der Waals surface area contributed by atoms with Gasteiger partial charge in [0.05, 0.1) is 29.9 Å². The van der Waals surface area contributed by atoms with Crippen LogP contribution in [0.15, 0.2) is 67.4 Å². The van der Waals surface area contributed by atoms with Crippen LogP contribution in [0.1, 0.15) is 25.1 Å². The van der Waals surface area contributed by atoms with Gasteiger partial charge in [0.2, 0.25) is 5.91 Å². The van der Waals surface area contributed by atoms with E-state index in [4.69, 9.17) is 4.74 Å². The molecule has 12 nitrogen and oxygen atoms in total. The van der Waals surface area contributed by atoms with Crippen molar-refractivity contribution in [3.05, 3.63) is 79.0 Å². The van der Waals surface area contributed by atoms with Gasteiger partial charge in [0.25, 0.3) is 0 Å². The van der Waals surface area contributed by atoms with Crippen LogP contribution in [0.2, 0.25) is 0 Å². The molecule has 2 fully saturated rings. The number of piperazine rings is 1. The largest absolute Gasteiger partial charge is 0.494 e. The molecule has 2 aromatic carbocycles. The number of aliphatic hydroxyl groups excluding tert-OH is 1. The lowest BCUT2D eigenvalue weighted by Crippen LogP contribution is -2.52. The Morgan fingerprint density at radius 1 is 1.04 bits per heavy atom. The highest BCUT2D eigenvalue weighted by molar-refractivity contribution is 6.02. The van der Waals surface area contributed by atoms with Crippen LogP contribution in [0.5, 0.6) is 5.75 Å². The van der Waals surface area contributed by atoms with E-state index < -0.39 is 0 Å². The highest BCUT2D eigenvalue weighted by Crippen LogP contribution is 2.40. The zero-order chi connectivity index (χ0) is 34.3. The van der Waals surface area contributed by atoms with Gasteiger partial charge >= 0.3 is 0 Å². The molecule has 0 radical (unpaired) electrons. The van der Waals surface area contributed by atoms with Gasteiger partial charge in [-0.2, -0.15) is 0 Å². The van der Waals surface area contributed by atoms with Crippen LogP contribution in [0, 0.1) is 5.82 Å². The van der Waals surface area contributed by atoms with E-state index >= 15 is 0 Å². The average Bonchev–Trinajstić information content (AvgIpc) is 3.55. The summed E-state index contributed by atoms with van der Waals surface area (Å²) < 4.78 is 21.5. The molecule has 1 amide bonds. The van der Waals surface area contributed by atoms with E-state index in [1.165, 1.54) is 18.2 Å². The van der Waals surface area contributed by atoms with Gasteiger partial charge in [-0.3, -0.25) is 14.3 Å². The molecule has 0 saturated carbocycles. The number of likely N-dealkylation sites (N-methyl/N-ethyl adjacent to an activating group) is 1. The fourth-order valence-electron chi connectivity index (χ4n) is 6.58. The van der Waals surface area contributed by atoms with Gasteiger partial charge in [-0.1, -0.05) is 6.58 Å². The Morgan fingerprint density at radius 2 is 1.80 bits per heavy atom. The monoisotopic (exact) mass is 669 g/mol. The molecule has 0 spiro atoms. The first-order chi connectivity index (χ1) is 23.9. The number of hydrogen-bond acceptors (Lipinski definition) is 10. The smallest absolute Gasteiger partial charge is 0.247 e. The molecule has 2 aromatic heterocycles. The minimum absolute atomic E-state index is 0.0106. The van der Waals surface area contributed by atoms with E-state index in [1.54, 1.807) is 25.4 Å². The standard InChI is InChI=1S/C36H44FN9O3/c1-4-35(48)40-29-23-30(32(49-3)24-31(29)45-15-12-27(13-16-45)44-19-17-43(2)18-20-44)39-33-22-28(11-14-38-33)46-34(6-5-21-47)41-42-36(46)25-7-9-26(37)10-8-25/h4,7-11,14,22-24,27,47H,1,5-6,12-13,15-21H2,2-3H3,(H,38,39)(H,40,48). The molecule has 0 atom stereocenters. The molecule has 2 saturated heterocycles. The predicted octanol–water partition coefficient (Wildman–Crippen LogP) is 4.49. The number of amides is 1. The third kappa shape index (κ3) is 7.90. The highest BCUT2D eigenvalue weighted by atomic mass is 19.1. The Kier molecular flexibility index (Phi) is 10.8. The normalized spacial score (nSPS) is 16.0. The van der Waals surface area contributed by atoms with Crippen molar-refractivity contribution in [2.45, 2.75) is 31.7 Å². The summed E-state index contributed by atoms with van der Waals surface area (Å²) in [7, 11) is 3.80. The van der Waals surface area contributed by atoms with E-state index in [1.807, 2.05) is 28.8 Å². The molecule has 0 aliphatic carbocycles. The molecule has 6 rings (SSSR count). The van der Waals surface area contributed by atoms with Crippen LogP contribution in [0.3, 0.4) is 0 Å². The van der Waals surface area contributed by atoms with Crippen molar-refractivity contribution in [3.63, 3.8) is 0 Å². The number of nitrogens with zero attached hydrogens (tertiary/aromatic N) is 7. The van der Waals surface area contributed by atoms with Gasteiger partial charge < -0.3 is 30.3 Å². The van der Waals surface area contributed by atoms with Crippen molar-refractivity contribution in [3.8, 4) is 22.8 Å². The number of aryl methyl sites for hydroxylation is 1. The number of rotatable bonds is 12. The van der Waals surface area contributed by atoms with Gasteiger partial charge in [0, 0.05) is 82.2 Å². The number of aliphatic hydroxyl groups is 1. The summed E-state index contributed by atoms with van der Waals surface area (Å²) in [5.74, 6) is 1.66. The molecule has 4 aromatic rings. The first kappa shape index (κ1) is 34.0. The minimum atomic E-state index is -0.343. The van der Waals surface area contributed by atoms with Crippen molar-refractivity contribution in [2.75, 3.05) is 75.6 Å². The molecule has 3 N–H and O–H groups in total. The van der Waals surface area contributed by atoms with E-state index in [2.05, 4.69) is 54.1 Å². The van der Waals surface area contributed by atoms with E-state index in [9.17, 15) is 14.3 Å². The van der Waals surface area contributed by atoms with Crippen LogP contribution in [-0.4, -0.2) is 107 Å². The van der Waals surface area contributed by atoms with E-state index in [0.717, 1.165) is 63.5 Å². The number of pyridine rings is 1. The second-order valence-corrected chi connectivity index (χ2v) is 12.5. The Morgan fingerprint density at radius 3 is 2.49 bits per heavy atom. The van der Waals surface area contributed by atoms with Gasteiger partial charge in [-0.15, -0.1) is 10.2 Å². The maximum atomic E-state index is 13.7. The summed E-state index contributed by atoms with van der Waals surface area (Å²) in [5.41, 5.74) is 3.58. The van der Waals surface area contributed by atoms with E-state index in [0.29, 0.717) is 59.0 Å². The molecule has 2 aliphatic heterocycles. The van der Waals surface area contributed by atoms with E-state index in [-0.39, 0.29) is 18.3 Å². The summed E-state index contributed by atoms with van der Waals surface area (Å²) in [6, 6.07) is 14.2. The zero-order valence-electron chi connectivity index (χ0n) is 28.1. The summed E-state index contributed by atoms with van der Waals surface area (Å²) in [4.78, 5) is 24.5. The molecule has 49 heavy (non-hydrogen) atoms. The summed E-state index contributed by atoms with van der Waals surface area (Å²) in [6.07, 6.45) is 6.02. The van der Waals surface area contributed by atoms with Crippen LogP contribution in [-0.2, 0) is 11.2 Å². The fraction of sp³-hybridized carbons (Fsp3) is 0.389. The molecule has 4 heterocycles. The van der Waals surface area contributed by atoms with Crippen LogP contribution in [0.25, 0.3) is 17.1 Å². The van der Waals surface area contributed by atoms with Gasteiger partial charge in [0.1, 0.15) is 23.2 Å². The third-order valence-corrected chi connectivity index (χ3v) is 9.28. The lowest BCUT2D eigenvalue weighted by atomic mass is 10.0. The first-order valence-electron chi connectivity index (χ1n) is 16.7. The zero-order valence-corrected chi connectivity index (χ0v) is 28.1. The van der Waals surface area contributed by atoms with Crippen LogP contribution in [0.4, 0.5) is 27.3 Å². The minimum Gasteiger partial charge on any atom is -0.494 e. The number of ether oxygens (including phenoxy) is 1. The van der Waals surface area contributed by atoms with Gasteiger partial charge in [-0.05, 0) is 68.8 Å². The number of anilines is 4. The quantitative estimate of drug-likeness (QED) is 0.186. The van der Waals surface area contributed by atoms with Crippen molar-refractivity contribution < 1.29 is 19.0 Å². The fourth-order valence-corrected chi connectivity index (χ4v) is 6.58.